The third kappa shape index (κ3) is 4.76. The number of amides is 1. The molecule has 122 valence electrons. The van der Waals surface area contributed by atoms with Gasteiger partial charge in [-0.3, -0.25) is 4.79 Å². The first-order valence-corrected chi connectivity index (χ1v) is 7.44. The van der Waals surface area contributed by atoms with Gasteiger partial charge in [0, 0.05) is 25.7 Å². The number of aromatic nitrogens is 1. The summed E-state index contributed by atoms with van der Waals surface area (Å²) in [6, 6.07) is 1.22. The van der Waals surface area contributed by atoms with Crippen LogP contribution in [0, 0.1) is 11.7 Å². The van der Waals surface area contributed by atoms with Crippen LogP contribution < -0.4 is 10.2 Å². The average Bonchev–Trinajstić information content (AvgIpc) is 2.46. The molecule has 0 atom stereocenters. The summed E-state index contributed by atoms with van der Waals surface area (Å²) in [6.45, 7) is 0.522. The molecule has 0 radical (unpaired) electrons. The normalized spacial score (nSPS) is 16.1. The van der Waals surface area contributed by atoms with E-state index in [0.29, 0.717) is 25.9 Å². The van der Waals surface area contributed by atoms with Crippen molar-refractivity contribution in [3.05, 3.63) is 23.1 Å². The van der Waals surface area contributed by atoms with Crippen LogP contribution in [-0.2, 0) is 4.79 Å². The number of hydrogen-bond acceptors (Lipinski definition) is 3. The lowest BCUT2D eigenvalue weighted by molar-refractivity contribution is -0.122. The van der Waals surface area contributed by atoms with Gasteiger partial charge in [-0.2, -0.15) is 0 Å². The number of nitrogens with zero attached hydrogens (tertiary/aromatic N) is 2. The summed E-state index contributed by atoms with van der Waals surface area (Å²) in [5.41, 5.74) is 0. The van der Waals surface area contributed by atoms with Crippen molar-refractivity contribution >= 4 is 23.3 Å². The van der Waals surface area contributed by atoms with Gasteiger partial charge in [-0.05, 0) is 24.8 Å². The third-order valence-electron chi connectivity index (χ3n) is 3.63. The van der Waals surface area contributed by atoms with Crippen LogP contribution in [0.2, 0.25) is 5.02 Å². The Balaban J connectivity index is 1.81. The van der Waals surface area contributed by atoms with Gasteiger partial charge < -0.3 is 10.2 Å². The highest BCUT2D eigenvalue weighted by atomic mass is 35.5. The van der Waals surface area contributed by atoms with Crippen molar-refractivity contribution in [3.63, 3.8) is 0 Å². The van der Waals surface area contributed by atoms with E-state index in [1.54, 1.807) is 4.90 Å². The van der Waals surface area contributed by atoms with Crippen LogP contribution in [0.4, 0.5) is 19.0 Å². The van der Waals surface area contributed by atoms with Gasteiger partial charge in [-0.1, -0.05) is 11.6 Å². The van der Waals surface area contributed by atoms with Crippen molar-refractivity contribution in [2.75, 3.05) is 24.5 Å². The monoisotopic (exact) mass is 335 g/mol. The Labute approximate surface area is 131 Å². The Kier molecular flexibility index (Phi) is 5.88. The maximum Gasteiger partial charge on any atom is 0.255 e. The number of anilines is 1. The molecule has 1 aromatic rings. The van der Waals surface area contributed by atoms with E-state index in [-0.39, 0.29) is 29.1 Å². The molecule has 0 unspecified atom stereocenters. The van der Waals surface area contributed by atoms with Gasteiger partial charge in [0.05, 0.1) is 11.6 Å². The number of piperidine rings is 1. The van der Waals surface area contributed by atoms with Crippen LogP contribution in [0.25, 0.3) is 0 Å². The average molecular weight is 336 g/mol. The Hall–Kier alpha value is -1.50. The number of pyridine rings is 1. The van der Waals surface area contributed by atoms with Gasteiger partial charge in [0.25, 0.3) is 6.43 Å². The van der Waals surface area contributed by atoms with Gasteiger partial charge in [-0.15, -0.1) is 0 Å². The quantitative estimate of drug-likeness (QED) is 0.900. The van der Waals surface area contributed by atoms with Gasteiger partial charge >= 0.3 is 0 Å². The molecule has 4 nitrogen and oxygen atoms in total. The second-order valence-corrected chi connectivity index (χ2v) is 5.73. The van der Waals surface area contributed by atoms with E-state index in [2.05, 4.69) is 10.3 Å². The minimum Gasteiger partial charge on any atom is -0.354 e. The fourth-order valence-electron chi connectivity index (χ4n) is 2.51. The van der Waals surface area contributed by atoms with E-state index in [4.69, 9.17) is 11.6 Å². The predicted molar refractivity (Wildman–Crippen MR) is 77.8 cm³/mol. The maximum absolute atomic E-state index is 13.8. The van der Waals surface area contributed by atoms with Crippen molar-refractivity contribution in [2.24, 2.45) is 5.92 Å². The second kappa shape index (κ2) is 7.67. The number of halogens is 4. The zero-order valence-electron chi connectivity index (χ0n) is 11.9. The van der Waals surface area contributed by atoms with Crippen LogP contribution in [0.5, 0.6) is 0 Å². The highest BCUT2D eigenvalue weighted by Gasteiger charge is 2.24. The highest BCUT2D eigenvalue weighted by molar-refractivity contribution is 6.30. The Bertz CT molecular complexity index is 522. The smallest absolute Gasteiger partial charge is 0.255 e. The summed E-state index contributed by atoms with van der Waals surface area (Å²) in [5.74, 6) is -0.468. The number of alkyl halides is 2. The van der Waals surface area contributed by atoms with Crippen LogP contribution in [0.3, 0.4) is 0 Å². The predicted octanol–water partition coefficient (Wildman–Crippen LogP) is 2.86. The molecule has 1 aliphatic heterocycles. The number of nitrogens with one attached hydrogen (secondary N) is 1. The van der Waals surface area contributed by atoms with Crippen LogP contribution in [-0.4, -0.2) is 37.0 Å². The van der Waals surface area contributed by atoms with E-state index in [1.807, 2.05) is 0 Å². The second-order valence-electron chi connectivity index (χ2n) is 5.29. The summed E-state index contributed by atoms with van der Waals surface area (Å²) in [7, 11) is 0. The number of hydrogen-bond donors (Lipinski definition) is 1. The van der Waals surface area contributed by atoms with E-state index in [0.717, 1.165) is 0 Å². The lowest BCUT2D eigenvalue weighted by atomic mass is 9.93. The lowest BCUT2D eigenvalue weighted by Gasteiger charge is -2.32. The summed E-state index contributed by atoms with van der Waals surface area (Å²) < 4.78 is 37.8. The van der Waals surface area contributed by atoms with Crippen molar-refractivity contribution in [1.82, 2.24) is 10.3 Å². The fourth-order valence-corrected chi connectivity index (χ4v) is 2.66. The first-order valence-electron chi connectivity index (χ1n) is 7.06. The minimum absolute atomic E-state index is 0.115. The summed E-state index contributed by atoms with van der Waals surface area (Å²) in [4.78, 5) is 17.3. The first-order chi connectivity index (χ1) is 10.5. The van der Waals surface area contributed by atoms with Crippen LogP contribution in [0.1, 0.15) is 19.3 Å². The van der Waals surface area contributed by atoms with Crippen molar-refractivity contribution < 1.29 is 18.0 Å². The lowest BCUT2D eigenvalue weighted by Crippen LogP contribution is -2.37. The summed E-state index contributed by atoms with van der Waals surface area (Å²) in [6.07, 6.45) is 0.447. The van der Waals surface area contributed by atoms with Crippen molar-refractivity contribution in [1.29, 1.82) is 0 Å². The molecule has 1 amide bonds. The van der Waals surface area contributed by atoms with Gasteiger partial charge in [0.2, 0.25) is 5.91 Å². The molecule has 2 rings (SSSR count). The minimum atomic E-state index is -2.54. The molecule has 0 bridgehead atoms. The first kappa shape index (κ1) is 16.9. The molecule has 0 saturated carbocycles. The van der Waals surface area contributed by atoms with Gasteiger partial charge in [-0.25, -0.2) is 18.2 Å². The number of carbonyl (C=O) groups excluding carboxylic acids is 1. The molecule has 0 spiro atoms. The number of rotatable bonds is 5. The molecule has 1 aliphatic rings. The zero-order chi connectivity index (χ0) is 16.1. The third-order valence-corrected chi connectivity index (χ3v) is 3.84. The van der Waals surface area contributed by atoms with E-state index in [1.165, 1.54) is 12.3 Å². The molecule has 0 aliphatic carbocycles. The molecule has 0 aromatic carbocycles. The standard InChI is InChI=1S/C14H17ClF3N3O/c15-10-6-11(16)14(20-7-10)21-3-1-9(2-4-21)5-13(22)19-8-12(17)18/h6-7,9,12H,1-5,8H2,(H,19,22). The molecule has 1 saturated heterocycles. The number of carbonyl (C=O) groups is 1. The molecule has 1 N–H and O–H groups in total. The molecule has 8 heteroatoms. The maximum atomic E-state index is 13.8. The Morgan fingerprint density at radius 3 is 2.73 bits per heavy atom. The van der Waals surface area contributed by atoms with Gasteiger partial charge in [0.1, 0.15) is 0 Å². The highest BCUT2D eigenvalue weighted by Crippen LogP contribution is 2.26. The largest absolute Gasteiger partial charge is 0.354 e. The SMILES string of the molecule is O=C(CC1CCN(c2ncc(Cl)cc2F)CC1)NCC(F)F. The van der Waals surface area contributed by atoms with Crippen LogP contribution in [0.15, 0.2) is 12.3 Å². The molecule has 1 fully saturated rings. The molecule has 22 heavy (non-hydrogen) atoms. The molecular weight excluding hydrogens is 319 g/mol. The summed E-state index contributed by atoms with van der Waals surface area (Å²) in [5, 5.41) is 2.44. The topological polar surface area (TPSA) is 45.2 Å². The van der Waals surface area contributed by atoms with Gasteiger partial charge in [0.15, 0.2) is 11.6 Å². The summed E-state index contributed by atoms with van der Waals surface area (Å²) >= 11 is 5.67. The molecular formula is C14H17ClF3N3O. The van der Waals surface area contributed by atoms with E-state index < -0.39 is 18.8 Å². The van der Waals surface area contributed by atoms with E-state index >= 15 is 0 Å². The Morgan fingerprint density at radius 2 is 2.14 bits per heavy atom. The zero-order valence-corrected chi connectivity index (χ0v) is 12.6. The fraction of sp³-hybridized carbons (Fsp3) is 0.571. The van der Waals surface area contributed by atoms with Crippen molar-refractivity contribution in [3.8, 4) is 0 Å². The van der Waals surface area contributed by atoms with E-state index in [9.17, 15) is 18.0 Å². The Morgan fingerprint density at radius 1 is 1.45 bits per heavy atom. The molecule has 1 aromatic heterocycles. The molecule has 2 heterocycles. The van der Waals surface area contributed by atoms with Crippen LogP contribution >= 0.6 is 11.6 Å². The van der Waals surface area contributed by atoms with Crippen molar-refractivity contribution in [2.45, 2.75) is 25.7 Å².